The van der Waals surface area contributed by atoms with Crippen molar-refractivity contribution in [3.8, 4) is 0 Å². The zero-order chi connectivity index (χ0) is 14.8. The number of nitrogens with one attached hydrogen (secondary N) is 1. The number of nitro benzene ring substituents is 1. The Morgan fingerprint density at radius 1 is 1.53 bits per heavy atom. The van der Waals surface area contributed by atoms with Crippen molar-refractivity contribution in [2.75, 3.05) is 11.9 Å². The number of hydrogen-bond donors (Lipinski definition) is 2. The largest absolute Gasteiger partial charge is 0.481 e. The molecule has 19 heavy (non-hydrogen) atoms. The third-order valence-electron chi connectivity index (χ3n) is 2.78. The van der Waals surface area contributed by atoms with E-state index in [1.807, 2.05) is 0 Å². The molecule has 0 spiro atoms. The SMILES string of the molecule is Cc1cc(NCC(C)(C)C(=O)O)c(Br)cc1[N+](=O)[O-]. The fourth-order valence-electron chi connectivity index (χ4n) is 1.39. The molecule has 1 aromatic rings. The highest BCUT2D eigenvalue weighted by atomic mass is 79.9. The molecule has 0 unspecified atom stereocenters. The molecular formula is C12H15BrN2O4. The Kier molecular flexibility index (Phi) is 4.52. The second kappa shape index (κ2) is 5.56. The Hall–Kier alpha value is -1.63. The number of aliphatic carboxylic acids is 1. The van der Waals surface area contributed by atoms with Crippen LogP contribution in [0.5, 0.6) is 0 Å². The third kappa shape index (κ3) is 3.66. The summed E-state index contributed by atoms with van der Waals surface area (Å²) in [5, 5.41) is 22.8. The van der Waals surface area contributed by atoms with Crippen LogP contribution < -0.4 is 5.32 Å². The van der Waals surface area contributed by atoms with Crippen molar-refractivity contribution in [2.24, 2.45) is 5.41 Å². The number of aryl methyl sites for hydroxylation is 1. The number of nitro groups is 1. The van der Waals surface area contributed by atoms with E-state index in [4.69, 9.17) is 5.11 Å². The van der Waals surface area contributed by atoms with Crippen LogP contribution in [-0.4, -0.2) is 22.5 Å². The molecule has 7 heteroatoms. The van der Waals surface area contributed by atoms with Gasteiger partial charge in [0.05, 0.1) is 10.3 Å². The van der Waals surface area contributed by atoms with Crippen LogP contribution in [0.3, 0.4) is 0 Å². The molecule has 0 bridgehead atoms. The molecule has 0 fully saturated rings. The second-order valence-electron chi connectivity index (χ2n) is 4.92. The molecule has 2 N–H and O–H groups in total. The van der Waals surface area contributed by atoms with Gasteiger partial charge in [0.15, 0.2) is 0 Å². The lowest BCUT2D eigenvalue weighted by atomic mass is 9.94. The molecule has 104 valence electrons. The standard InChI is InChI=1S/C12H15BrN2O4/c1-7-4-9(8(13)5-10(7)15(18)19)14-6-12(2,3)11(16)17/h4-5,14H,6H2,1-3H3,(H,16,17). The minimum atomic E-state index is -0.922. The van der Waals surface area contributed by atoms with Gasteiger partial charge in [0.25, 0.3) is 5.69 Å². The molecule has 0 aromatic heterocycles. The third-order valence-corrected chi connectivity index (χ3v) is 3.44. The molecule has 0 aliphatic rings. The number of benzene rings is 1. The summed E-state index contributed by atoms with van der Waals surface area (Å²) in [6.45, 7) is 5.07. The molecule has 0 saturated heterocycles. The molecule has 0 aliphatic heterocycles. The average molecular weight is 331 g/mol. The Balaban J connectivity index is 2.95. The van der Waals surface area contributed by atoms with E-state index in [1.54, 1.807) is 26.8 Å². The number of carboxylic acid groups (broad SMARTS) is 1. The van der Waals surface area contributed by atoms with Crippen molar-refractivity contribution in [3.05, 3.63) is 32.3 Å². The van der Waals surface area contributed by atoms with Crippen LogP contribution in [0.1, 0.15) is 19.4 Å². The first-order valence-electron chi connectivity index (χ1n) is 5.57. The lowest BCUT2D eigenvalue weighted by molar-refractivity contribution is -0.385. The Morgan fingerprint density at radius 2 is 2.11 bits per heavy atom. The van der Waals surface area contributed by atoms with Gasteiger partial charge in [-0.1, -0.05) is 0 Å². The molecule has 0 atom stereocenters. The van der Waals surface area contributed by atoms with E-state index in [-0.39, 0.29) is 12.2 Å². The van der Waals surface area contributed by atoms with Crippen molar-refractivity contribution >= 4 is 33.3 Å². The average Bonchev–Trinajstić information content (AvgIpc) is 2.29. The van der Waals surface area contributed by atoms with Gasteiger partial charge in [-0.15, -0.1) is 0 Å². The monoisotopic (exact) mass is 330 g/mol. The van der Waals surface area contributed by atoms with E-state index >= 15 is 0 Å². The van der Waals surface area contributed by atoms with Crippen LogP contribution in [0.4, 0.5) is 11.4 Å². The van der Waals surface area contributed by atoms with Crippen LogP contribution in [0.15, 0.2) is 16.6 Å². The number of halogens is 1. The number of anilines is 1. The van der Waals surface area contributed by atoms with E-state index in [0.29, 0.717) is 15.7 Å². The lowest BCUT2D eigenvalue weighted by Crippen LogP contribution is -2.31. The first kappa shape index (κ1) is 15.4. The Morgan fingerprint density at radius 3 is 2.58 bits per heavy atom. The maximum Gasteiger partial charge on any atom is 0.310 e. The summed E-state index contributed by atoms with van der Waals surface area (Å²) in [5.74, 6) is -0.908. The number of nitrogens with zero attached hydrogens (tertiary/aromatic N) is 1. The van der Waals surface area contributed by atoms with Gasteiger partial charge in [0.1, 0.15) is 0 Å². The first-order valence-corrected chi connectivity index (χ1v) is 6.36. The van der Waals surface area contributed by atoms with Crippen LogP contribution in [-0.2, 0) is 4.79 Å². The maximum absolute atomic E-state index is 11.0. The van der Waals surface area contributed by atoms with Crippen LogP contribution in [0.25, 0.3) is 0 Å². The molecule has 1 aromatic carbocycles. The molecule has 0 amide bonds. The van der Waals surface area contributed by atoms with Crippen molar-refractivity contribution in [1.82, 2.24) is 0 Å². The van der Waals surface area contributed by atoms with E-state index in [2.05, 4.69) is 21.2 Å². The Labute approximate surface area is 119 Å². The van der Waals surface area contributed by atoms with Gasteiger partial charge in [0, 0.05) is 28.3 Å². The smallest absolute Gasteiger partial charge is 0.310 e. The normalized spacial score (nSPS) is 11.2. The quantitative estimate of drug-likeness (QED) is 0.638. The molecular weight excluding hydrogens is 316 g/mol. The summed E-state index contributed by atoms with van der Waals surface area (Å²) in [5.41, 5.74) is 0.256. The lowest BCUT2D eigenvalue weighted by Gasteiger charge is -2.21. The Bertz CT molecular complexity index is 529. The number of carbonyl (C=O) groups is 1. The maximum atomic E-state index is 11.0. The van der Waals surface area contributed by atoms with E-state index in [1.165, 1.54) is 6.07 Å². The van der Waals surface area contributed by atoms with Crippen molar-refractivity contribution in [1.29, 1.82) is 0 Å². The fraction of sp³-hybridized carbons (Fsp3) is 0.417. The van der Waals surface area contributed by atoms with E-state index in [9.17, 15) is 14.9 Å². The molecule has 0 radical (unpaired) electrons. The predicted octanol–water partition coefficient (Wildman–Crippen LogP) is 3.19. The van der Waals surface area contributed by atoms with Gasteiger partial charge in [-0.2, -0.15) is 0 Å². The van der Waals surface area contributed by atoms with Gasteiger partial charge in [0.2, 0.25) is 0 Å². The van der Waals surface area contributed by atoms with Crippen molar-refractivity contribution < 1.29 is 14.8 Å². The van der Waals surface area contributed by atoms with Gasteiger partial charge in [-0.3, -0.25) is 14.9 Å². The fourth-order valence-corrected chi connectivity index (χ4v) is 1.87. The summed E-state index contributed by atoms with van der Waals surface area (Å²) >= 11 is 3.24. The highest BCUT2D eigenvalue weighted by Crippen LogP contribution is 2.31. The van der Waals surface area contributed by atoms with Gasteiger partial charge in [-0.05, 0) is 42.8 Å². The van der Waals surface area contributed by atoms with Crippen LogP contribution in [0.2, 0.25) is 0 Å². The summed E-state index contributed by atoms with van der Waals surface area (Å²) in [4.78, 5) is 21.3. The van der Waals surface area contributed by atoms with Crippen LogP contribution in [0, 0.1) is 22.5 Å². The van der Waals surface area contributed by atoms with Crippen molar-refractivity contribution in [3.63, 3.8) is 0 Å². The topological polar surface area (TPSA) is 92.5 Å². The second-order valence-corrected chi connectivity index (χ2v) is 5.77. The van der Waals surface area contributed by atoms with E-state index < -0.39 is 16.3 Å². The highest BCUT2D eigenvalue weighted by molar-refractivity contribution is 9.10. The minimum Gasteiger partial charge on any atom is -0.481 e. The number of carboxylic acids is 1. The zero-order valence-corrected chi connectivity index (χ0v) is 12.4. The van der Waals surface area contributed by atoms with Gasteiger partial charge in [-0.25, -0.2) is 0 Å². The van der Waals surface area contributed by atoms with Gasteiger partial charge >= 0.3 is 5.97 Å². The molecule has 0 saturated carbocycles. The van der Waals surface area contributed by atoms with Crippen molar-refractivity contribution in [2.45, 2.75) is 20.8 Å². The predicted molar refractivity (Wildman–Crippen MR) is 75.4 cm³/mol. The first-order chi connectivity index (χ1) is 8.65. The molecule has 0 heterocycles. The number of rotatable bonds is 5. The van der Waals surface area contributed by atoms with Crippen LogP contribution >= 0.6 is 15.9 Å². The summed E-state index contributed by atoms with van der Waals surface area (Å²) in [6, 6.07) is 3.03. The summed E-state index contributed by atoms with van der Waals surface area (Å²) < 4.78 is 0.533. The molecule has 1 rings (SSSR count). The van der Waals surface area contributed by atoms with E-state index in [0.717, 1.165) is 0 Å². The highest BCUT2D eigenvalue weighted by Gasteiger charge is 2.27. The minimum absolute atomic E-state index is 0.0231. The summed E-state index contributed by atoms with van der Waals surface area (Å²) in [6.07, 6.45) is 0. The molecule has 6 nitrogen and oxygen atoms in total. The zero-order valence-electron chi connectivity index (χ0n) is 10.9. The molecule has 0 aliphatic carbocycles. The summed E-state index contributed by atoms with van der Waals surface area (Å²) in [7, 11) is 0. The van der Waals surface area contributed by atoms with Gasteiger partial charge < -0.3 is 10.4 Å². The number of hydrogen-bond acceptors (Lipinski definition) is 4.